The lowest BCUT2D eigenvalue weighted by atomic mass is 10.1. The van der Waals surface area contributed by atoms with Gasteiger partial charge in [0.2, 0.25) is 4.45 Å². The highest BCUT2D eigenvalue weighted by molar-refractivity contribution is 9.10. The number of hydrogen-bond acceptors (Lipinski definition) is 3. The van der Waals surface area contributed by atoms with Crippen LogP contribution in [0.4, 0.5) is 0 Å². The third-order valence-electron chi connectivity index (χ3n) is 2.35. The molecule has 0 fully saturated rings. The van der Waals surface area contributed by atoms with Crippen molar-refractivity contribution in [1.29, 1.82) is 0 Å². The molecule has 88 valence electrons. The van der Waals surface area contributed by atoms with Gasteiger partial charge in [-0.3, -0.25) is 9.59 Å². The molecule has 1 aliphatic rings. The van der Waals surface area contributed by atoms with E-state index >= 15 is 0 Å². The molecule has 0 aromatic heterocycles. The van der Waals surface area contributed by atoms with Crippen molar-refractivity contribution in [1.82, 2.24) is 4.90 Å². The van der Waals surface area contributed by atoms with Gasteiger partial charge in [0, 0.05) is 12.2 Å². The van der Waals surface area contributed by atoms with Gasteiger partial charge in [-0.1, -0.05) is 13.3 Å². The molecule has 6 heteroatoms. The molecule has 1 atom stereocenters. The molecule has 1 rings (SSSR count). The third kappa shape index (κ3) is 2.16. The lowest BCUT2D eigenvalue weighted by Gasteiger charge is -2.31. The highest BCUT2D eigenvalue weighted by Crippen LogP contribution is 2.32. The largest absolute Gasteiger partial charge is 0.479 e. The summed E-state index contributed by atoms with van der Waals surface area (Å²) in [7, 11) is 0. The minimum absolute atomic E-state index is 0.192. The molecular weight excluding hydrogens is 278 g/mol. The summed E-state index contributed by atoms with van der Waals surface area (Å²) in [6, 6.07) is 0. The standard InChI is InChI=1S/C10H12BrNO4/c1-2-3-6-10(11,9(15)16)12-7(13)4-5-8(12)14/h4-5H,2-3,6H2,1H3,(H,15,16). The average molecular weight is 290 g/mol. The number of rotatable bonds is 5. The molecule has 0 aliphatic carbocycles. The van der Waals surface area contributed by atoms with Gasteiger partial charge in [-0.25, -0.2) is 9.69 Å². The van der Waals surface area contributed by atoms with E-state index in [1.807, 2.05) is 6.92 Å². The Labute approximate surface area is 101 Å². The minimum Gasteiger partial charge on any atom is -0.479 e. The number of carbonyl (C=O) groups excluding carboxylic acids is 2. The van der Waals surface area contributed by atoms with Gasteiger partial charge >= 0.3 is 5.97 Å². The van der Waals surface area contributed by atoms with Gasteiger partial charge in [0.15, 0.2) is 0 Å². The summed E-state index contributed by atoms with van der Waals surface area (Å²) in [4.78, 5) is 34.8. The van der Waals surface area contributed by atoms with Gasteiger partial charge in [-0.05, 0) is 28.8 Å². The number of nitrogens with zero attached hydrogens (tertiary/aromatic N) is 1. The Morgan fingerprint density at radius 3 is 2.31 bits per heavy atom. The Bertz CT molecular complexity index is 348. The fourth-order valence-corrected chi connectivity index (χ4v) is 2.10. The van der Waals surface area contributed by atoms with Crippen LogP contribution < -0.4 is 0 Å². The minimum atomic E-state index is -1.62. The van der Waals surface area contributed by atoms with E-state index in [4.69, 9.17) is 5.11 Å². The van der Waals surface area contributed by atoms with Crippen molar-refractivity contribution in [3.8, 4) is 0 Å². The number of carbonyl (C=O) groups is 3. The Balaban J connectivity index is 2.98. The zero-order valence-corrected chi connectivity index (χ0v) is 10.4. The monoisotopic (exact) mass is 289 g/mol. The molecule has 0 saturated carbocycles. The average Bonchev–Trinajstić information content (AvgIpc) is 2.55. The highest BCUT2D eigenvalue weighted by atomic mass is 79.9. The molecule has 0 aromatic rings. The maximum absolute atomic E-state index is 11.4. The fourth-order valence-electron chi connectivity index (χ4n) is 1.47. The first-order valence-electron chi connectivity index (χ1n) is 4.92. The lowest BCUT2D eigenvalue weighted by molar-refractivity contribution is -0.155. The molecule has 1 heterocycles. The smallest absolute Gasteiger partial charge is 0.341 e. The number of alkyl halides is 1. The van der Waals surface area contributed by atoms with Crippen LogP contribution in [-0.2, 0) is 14.4 Å². The zero-order valence-electron chi connectivity index (χ0n) is 8.77. The number of amides is 2. The van der Waals surface area contributed by atoms with E-state index in [9.17, 15) is 14.4 Å². The van der Waals surface area contributed by atoms with E-state index in [2.05, 4.69) is 15.9 Å². The molecule has 2 amide bonds. The van der Waals surface area contributed by atoms with Crippen LogP contribution in [0.25, 0.3) is 0 Å². The molecule has 1 N–H and O–H groups in total. The normalized spacial score (nSPS) is 19.0. The molecule has 1 unspecified atom stereocenters. The summed E-state index contributed by atoms with van der Waals surface area (Å²) in [5, 5.41) is 9.13. The maximum atomic E-state index is 11.4. The van der Waals surface area contributed by atoms with E-state index in [0.717, 1.165) is 23.5 Å². The molecule has 0 radical (unpaired) electrons. The number of carboxylic acids is 1. The van der Waals surface area contributed by atoms with Crippen molar-refractivity contribution in [2.24, 2.45) is 0 Å². The van der Waals surface area contributed by atoms with Crippen molar-refractivity contribution in [2.75, 3.05) is 0 Å². The number of carboxylic acid groups (broad SMARTS) is 1. The van der Waals surface area contributed by atoms with E-state index in [1.165, 1.54) is 0 Å². The van der Waals surface area contributed by atoms with Crippen molar-refractivity contribution in [2.45, 2.75) is 30.6 Å². The Morgan fingerprint density at radius 1 is 1.44 bits per heavy atom. The molecule has 0 aromatic carbocycles. The SMILES string of the molecule is CCCCC(Br)(C(=O)O)N1C(=O)C=CC1=O. The van der Waals surface area contributed by atoms with Gasteiger partial charge in [0.1, 0.15) is 0 Å². The summed E-state index contributed by atoms with van der Waals surface area (Å²) in [5.41, 5.74) is 0. The first-order chi connectivity index (χ1) is 7.43. The van der Waals surface area contributed by atoms with Crippen molar-refractivity contribution < 1.29 is 19.5 Å². The molecule has 0 bridgehead atoms. The molecule has 16 heavy (non-hydrogen) atoms. The van der Waals surface area contributed by atoms with Gasteiger partial charge in [0.25, 0.3) is 11.8 Å². The summed E-state index contributed by atoms with van der Waals surface area (Å²) in [6.45, 7) is 1.90. The summed E-state index contributed by atoms with van der Waals surface area (Å²) in [6.07, 6.45) is 3.73. The molecule has 0 spiro atoms. The number of imide groups is 1. The maximum Gasteiger partial charge on any atom is 0.341 e. The van der Waals surface area contributed by atoms with Gasteiger partial charge in [-0.2, -0.15) is 0 Å². The topological polar surface area (TPSA) is 74.7 Å². The predicted molar refractivity (Wildman–Crippen MR) is 59.8 cm³/mol. The predicted octanol–water partition coefficient (Wildman–Crippen LogP) is 1.28. The van der Waals surface area contributed by atoms with Crippen LogP contribution in [0.3, 0.4) is 0 Å². The first-order valence-corrected chi connectivity index (χ1v) is 5.71. The highest BCUT2D eigenvalue weighted by Gasteiger charge is 2.48. The van der Waals surface area contributed by atoms with Crippen molar-refractivity contribution >= 4 is 33.7 Å². The number of aliphatic carboxylic acids is 1. The summed E-state index contributed by atoms with van der Waals surface area (Å²) < 4.78 is -1.62. The zero-order chi connectivity index (χ0) is 12.3. The van der Waals surface area contributed by atoms with Crippen molar-refractivity contribution in [3.63, 3.8) is 0 Å². The molecular formula is C10H12BrNO4. The van der Waals surface area contributed by atoms with Crippen LogP contribution in [0.5, 0.6) is 0 Å². The second-order valence-electron chi connectivity index (χ2n) is 3.51. The molecule has 0 saturated heterocycles. The first kappa shape index (κ1) is 12.9. The second kappa shape index (κ2) is 4.78. The van der Waals surface area contributed by atoms with E-state index in [-0.39, 0.29) is 6.42 Å². The second-order valence-corrected chi connectivity index (χ2v) is 4.83. The van der Waals surface area contributed by atoms with E-state index < -0.39 is 22.2 Å². The van der Waals surface area contributed by atoms with Gasteiger partial charge in [0.05, 0.1) is 0 Å². The number of hydrogen-bond donors (Lipinski definition) is 1. The Hall–Kier alpha value is -1.17. The molecule has 5 nitrogen and oxygen atoms in total. The van der Waals surface area contributed by atoms with Crippen LogP contribution in [-0.4, -0.2) is 32.2 Å². The van der Waals surface area contributed by atoms with Crippen LogP contribution in [0.1, 0.15) is 26.2 Å². The van der Waals surface area contributed by atoms with Crippen LogP contribution in [0.2, 0.25) is 0 Å². The van der Waals surface area contributed by atoms with Crippen LogP contribution >= 0.6 is 15.9 Å². The van der Waals surface area contributed by atoms with Gasteiger partial charge in [-0.15, -0.1) is 0 Å². The lowest BCUT2D eigenvalue weighted by Crippen LogP contribution is -2.52. The van der Waals surface area contributed by atoms with E-state index in [1.54, 1.807) is 0 Å². The number of unbranched alkanes of at least 4 members (excludes halogenated alkanes) is 1. The summed E-state index contributed by atoms with van der Waals surface area (Å²) in [5.74, 6) is -2.42. The Morgan fingerprint density at radius 2 is 1.94 bits per heavy atom. The van der Waals surface area contributed by atoms with Crippen LogP contribution in [0, 0.1) is 0 Å². The van der Waals surface area contributed by atoms with Crippen molar-refractivity contribution in [3.05, 3.63) is 12.2 Å². The number of halogens is 1. The summed E-state index contributed by atoms with van der Waals surface area (Å²) >= 11 is 3.00. The molecule has 1 aliphatic heterocycles. The van der Waals surface area contributed by atoms with E-state index in [0.29, 0.717) is 6.42 Å². The Kier molecular flexibility index (Phi) is 3.85. The fraction of sp³-hybridized carbons (Fsp3) is 0.500. The van der Waals surface area contributed by atoms with Crippen LogP contribution in [0.15, 0.2) is 12.2 Å². The van der Waals surface area contributed by atoms with Gasteiger partial charge < -0.3 is 5.11 Å². The quantitative estimate of drug-likeness (QED) is 0.470. The third-order valence-corrected chi connectivity index (χ3v) is 3.44.